The molecule has 1 aliphatic heterocycles. The van der Waals surface area contributed by atoms with E-state index in [1.54, 1.807) is 30.3 Å². The second kappa shape index (κ2) is 8.36. The maximum atomic E-state index is 12.7. The topological polar surface area (TPSA) is 84.7 Å². The average Bonchev–Trinajstić information content (AvgIpc) is 3.16. The van der Waals surface area contributed by atoms with Gasteiger partial charge in [-0.05, 0) is 55.2 Å². The van der Waals surface area contributed by atoms with Gasteiger partial charge in [-0.25, -0.2) is 4.79 Å². The molecule has 0 unspecified atom stereocenters. The van der Waals surface area contributed by atoms with Crippen molar-refractivity contribution in [2.75, 3.05) is 20.2 Å². The molecule has 0 saturated carbocycles. The third-order valence-corrected chi connectivity index (χ3v) is 5.81. The lowest BCUT2D eigenvalue weighted by atomic mass is 9.96. The number of carbonyl (C=O) groups is 2. The molecule has 3 aromatic rings. The van der Waals surface area contributed by atoms with E-state index < -0.39 is 5.97 Å². The van der Waals surface area contributed by atoms with Crippen LogP contribution in [0.3, 0.4) is 0 Å². The van der Waals surface area contributed by atoms with E-state index in [2.05, 4.69) is 5.10 Å². The molecule has 0 bridgehead atoms. The first-order valence-electron chi connectivity index (χ1n) is 9.78. The molecule has 1 aromatic heterocycles. The number of methoxy groups -OCH3 is 1. The van der Waals surface area contributed by atoms with Gasteiger partial charge in [0.15, 0.2) is 0 Å². The Hall–Kier alpha value is -3.06. The highest BCUT2D eigenvalue weighted by molar-refractivity contribution is 6.30. The highest BCUT2D eigenvalue weighted by atomic mass is 35.5. The number of aromatic nitrogens is 2. The maximum Gasteiger partial charge on any atom is 0.339 e. The minimum absolute atomic E-state index is 0.0286. The summed E-state index contributed by atoms with van der Waals surface area (Å²) >= 11 is 5.90. The first-order valence-corrected chi connectivity index (χ1v) is 10.2. The molecule has 1 N–H and O–H groups in total. The number of fused-ring (bicyclic) bond motifs is 1. The number of hydrogen-bond acceptors (Lipinski definition) is 4. The molecule has 0 atom stereocenters. The normalized spacial score (nSPS) is 14.8. The predicted octanol–water partition coefficient (Wildman–Crippen LogP) is 3.95. The molecule has 30 heavy (non-hydrogen) atoms. The lowest BCUT2D eigenvalue weighted by Crippen LogP contribution is -2.39. The Morgan fingerprint density at radius 3 is 2.50 bits per heavy atom. The van der Waals surface area contributed by atoms with E-state index in [9.17, 15) is 14.7 Å². The van der Waals surface area contributed by atoms with Crippen LogP contribution in [-0.4, -0.2) is 51.9 Å². The van der Waals surface area contributed by atoms with Crippen molar-refractivity contribution < 1.29 is 19.4 Å². The van der Waals surface area contributed by atoms with Crippen molar-refractivity contribution in [1.82, 2.24) is 14.7 Å². The summed E-state index contributed by atoms with van der Waals surface area (Å²) in [7, 11) is 1.46. The molecule has 1 saturated heterocycles. The molecule has 156 valence electrons. The highest BCUT2D eigenvalue weighted by Gasteiger charge is 2.24. The van der Waals surface area contributed by atoms with Crippen molar-refractivity contribution in [3.8, 4) is 5.75 Å². The van der Waals surface area contributed by atoms with Gasteiger partial charge in [0, 0.05) is 36.4 Å². The van der Waals surface area contributed by atoms with Gasteiger partial charge in [-0.1, -0.05) is 11.6 Å². The number of likely N-dealkylation sites (tertiary alicyclic amines) is 1. The van der Waals surface area contributed by atoms with Crippen LogP contribution in [0.4, 0.5) is 0 Å². The number of rotatable bonds is 5. The summed E-state index contributed by atoms with van der Waals surface area (Å²) < 4.78 is 7.17. The van der Waals surface area contributed by atoms with Gasteiger partial charge in [-0.3, -0.25) is 9.48 Å². The first kappa shape index (κ1) is 20.2. The van der Waals surface area contributed by atoms with E-state index >= 15 is 0 Å². The fourth-order valence-electron chi connectivity index (χ4n) is 3.96. The third kappa shape index (κ3) is 3.98. The van der Waals surface area contributed by atoms with Crippen molar-refractivity contribution in [1.29, 1.82) is 0 Å². The van der Waals surface area contributed by atoms with Gasteiger partial charge in [0.05, 0.1) is 18.0 Å². The Bertz CT molecular complexity index is 1090. The van der Waals surface area contributed by atoms with Gasteiger partial charge in [-0.2, -0.15) is 5.10 Å². The molecule has 0 radical (unpaired) electrons. The molecule has 4 rings (SSSR count). The van der Waals surface area contributed by atoms with Crippen molar-refractivity contribution >= 4 is 34.4 Å². The molecule has 8 heteroatoms. The number of halogens is 1. The van der Waals surface area contributed by atoms with E-state index in [1.165, 1.54) is 13.2 Å². The fraction of sp³-hybridized carbons (Fsp3) is 0.318. The lowest BCUT2D eigenvalue weighted by Gasteiger charge is -2.32. The number of piperidine rings is 1. The van der Waals surface area contributed by atoms with Gasteiger partial charge >= 0.3 is 5.97 Å². The minimum Gasteiger partial charge on any atom is -0.495 e. The van der Waals surface area contributed by atoms with Crippen LogP contribution >= 0.6 is 11.6 Å². The predicted molar refractivity (Wildman–Crippen MR) is 113 cm³/mol. The molecule has 2 heterocycles. The fourth-order valence-corrected chi connectivity index (χ4v) is 4.08. The van der Waals surface area contributed by atoms with E-state index in [1.807, 2.05) is 15.8 Å². The number of carboxylic acid groups (broad SMARTS) is 1. The Labute approximate surface area is 178 Å². The Morgan fingerprint density at radius 1 is 1.17 bits per heavy atom. The van der Waals surface area contributed by atoms with Crippen LogP contribution in [0.2, 0.25) is 5.02 Å². The Morgan fingerprint density at radius 2 is 1.87 bits per heavy atom. The van der Waals surface area contributed by atoms with Crippen molar-refractivity contribution in [3.63, 3.8) is 0 Å². The number of carbonyl (C=O) groups excluding carboxylic acids is 1. The number of carboxylic acids is 1. The summed E-state index contributed by atoms with van der Waals surface area (Å²) in [4.78, 5) is 25.9. The molecule has 0 aliphatic carbocycles. The Kier molecular flexibility index (Phi) is 5.63. The van der Waals surface area contributed by atoms with Gasteiger partial charge in [-0.15, -0.1) is 0 Å². The second-order valence-electron chi connectivity index (χ2n) is 7.48. The summed E-state index contributed by atoms with van der Waals surface area (Å²) in [6.45, 7) is 2.10. The van der Waals surface area contributed by atoms with Crippen LogP contribution in [0.15, 0.2) is 42.6 Å². The number of amides is 1. The molecule has 1 amide bonds. The molecule has 1 fully saturated rings. The van der Waals surface area contributed by atoms with Crippen molar-refractivity contribution in [3.05, 3.63) is 58.7 Å². The van der Waals surface area contributed by atoms with Crippen LogP contribution in [0, 0.1) is 5.92 Å². The molecule has 0 spiro atoms. The maximum absolute atomic E-state index is 12.7. The molecular formula is C22H22ClN3O4. The van der Waals surface area contributed by atoms with Crippen LogP contribution in [-0.2, 0) is 6.54 Å². The van der Waals surface area contributed by atoms with E-state index in [0.717, 1.165) is 12.8 Å². The summed E-state index contributed by atoms with van der Waals surface area (Å²) in [5.41, 5.74) is 1.48. The van der Waals surface area contributed by atoms with Crippen LogP contribution in [0.25, 0.3) is 10.9 Å². The molecule has 2 aromatic carbocycles. The molecular weight excluding hydrogens is 406 g/mol. The largest absolute Gasteiger partial charge is 0.495 e. The number of benzene rings is 2. The van der Waals surface area contributed by atoms with E-state index in [4.69, 9.17) is 16.3 Å². The van der Waals surface area contributed by atoms with Gasteiger partial charge in [0.2, 0.25) is 0 Å². The number of aromatic carboxylic acids is 1. The van der Waals surface area contributed by atoms with E-state index in [0.29, 0.717) is 52.8 Å². The van der Waals surface area contributed by atoms with Crippen molar-refractivity contribution in [2.24, 2.45) is 5.92 Å². The third-order valence-electron chi connectivity index (χ3n) is 5.56. The SMILES string of the molecule is COc1c(C(=O)O)ccc2nn(CC3CCN(C(=O)c4ccc(Cl)cc4)CC3)cc12. The smallest absolute Gasteiger partial charge is 0.339 e. The number of ether oxygens (including phenoxy) is 1. The zero-order valence-corrected chi connectivity index (χ0v) is 17.3. The average molecular weight is 428 g/mol. The molecule has 7 nitrogen and oxygen atoms in total. The standard InChI is InChI=1S/C22H22ClN3O4/c1-30-20-17(22(28)29)6-7-19-18(20)13-26(24-19)12-14-8-10-25(11-9-14)21(27)15-2-4-16(23)5-3-15/h2-7,13-14H,8-12H2,1H3,(H,28,29). The summed E-state index contributed by atoms with van der Waals surface area (Å²) in [5, 5.41) is 15.2. The van der Waals surface area contributed by atoms with E-state index in [-0.39, 0.29) is 11.5 Å². The van der Waals surface area contributed by atoms with Crippen LogP contribution in [0.1, 0.15) is 33.6 Å². The number of hydrogen-bond donors (Lipinski definition) is 1. The summed E-state index contributed by atoms with van der Waals surface area (Å²) in [6.07, 6.45) is 3.60. The van der Waals surface area contributed by atoms with Gasteiger partial charge < -0.3 is 14.7 Å². The summed E-state index contributed by atoms with van der Waals surface area (Å²) in [6, 6.07) is 10.2. The number of nitrogens with zero attached hydrogens (tertiary/aromatic N) is 3. The van der Waals surface area contributed by atoms with Crippen molar-refractivity contribution in [2.45, 2.75) is 19.4 Å². The highest BCUT2D eigenvalue weighted by Crippen LogP contribution is 2.30. The summed E-state index contributed by atoms with van der Waals surface area (Å²) in [5.74, 6) is -0.284. The zero-order valence-electron chi connectivity index (χ0n) is 16.5. The van der Waals surface area contributed by atoms with Gasteiger partial charge in [0.25, 0.3) is 5.91 Å². The first-order chi connectivity index (χ1) is 14.5. The van der Waals surface area contributed by atoms with Crippen LogP contribution < -0.4 is 4.74 Å². The molecule has 1 aliphatic rings. The minimum atomic E-state index is -1.03. The quantitative estimate of drug-likeness (QED) is 0.666. The lowest BCUT2D eigenvalue weighted by molar-refractivity contribution is 0.0676. The van der Waals surface area contributed by atoms with Gasteiger partial charge in [0.1, 0.15) is 11.3 Å². The zero-order chi connectivity index (χ0) is 21.3. The Balaban J connectivity index is 1.42. The second-order valence-corrected chi connectivity index (χ2v) is 7.91. The monoisotopic (exact) mass is 427 g/mol. The van der Waals surface area contributed by atoms with Crippen LogP contribution in [0.5, 0.6) is 5.75 Å².